The van der Waals surface area contributed by atoms with Crippen LogP contribution in [0.5, 0.6) is 11.5 Å². The molecule has 0 radical (unpaired) electrons. The number of aromatic hydroxyl groups is 1. The maximum atomic E-state index is 9.81. The maximum Gasteiger partial charge on any atom is 0.136 e. The zero-order valence-corrected chi connectivity index (χ0v) is 9.54. The number of rotatable bonds is 1. The number of hydrogen-bond acceptors (Lipinski definition) is 3. The predicted octanol–water partition coefficient (Wildman–Crippen LogP) is 3.77. The Bertz CT molecular complexity index is 670. The minimum Gasteiger partial charge on any atom is -0.506 e. The zero-order chi connectivity index (χ0) is 11.1. The van der Waals surface area contributed by atoms with Gasteiger partial charge in [0.1, 0.15) is 11.5 Å². The van der Waals surface area contributed by atoms with Crippen molar-refractivity contribution in [2.45, 2.75) is 0 Å². The van der Waals surface area contributed by atoms with Crippen LogP contribution in [0, 0.1) is 0 Å². The molecular weight excluding hydrogens is 220 g/mol. The second-order valence-corrected chi connectivity index (χ2v) is 4.61. The van der Waals surface area contributed by atoms with Gasteiger partial charge in [0.05, 0.1) is 16.5 Å². The Hall–Kier alpha value is -1.74. The molecule has 3 aromatic rings. The Labute approximate surface area is 96.7 Å². The van der Waals surface area contributed by atoms with E-state index in [1.807, 2.05) is 24.3 Å². The second-order valence-electron chi connectivity index (χ2n) is 3.59. The molecule has 1 N–H and O–H groups in total. The van der Waals surface area contributed by atoms with E-state index in [2.05, 4.69) is 6.07 Å². The van der Waals surface area contributed by atoms with Gasteiger partial charge in [-0.25, -0.2) is 0 Å². The summed E-state index contributed by atoms with van der Waals surface area (Å²) >= 11 is 1.56. The van der Waals surface area contributed by atoms with E-state index < -0.39 is 0 Å². The molecule has 0 saturated carbocycles. The van der Waals surface area contributed by atoms with Gasteiger partial charge in [-0.3, -0.25) is 0 Å². The molecule has 2 aromatic carbocycles. The number of thiophene rings is 1. The molecule has 0 unspecified atom stereocenters. The van der Waals surface area contributed by atoms with E-state index in [0.717, 1.165) is 25.9 Å². The molecule has 0 aliphatic heterocycles. The third-order valence-corrected chi connectivity index (χ3v) is 3.95. The second kappa shape index (κ2) is 3.39. The van der Waals surface area contributed by atoms with E-state index in [-0.39, 0.29) is 0 Å². The number of fused-ring (bicyclic) bond motifs is 3. The summed E-state index contributed by atoms with van der Waals surface area (Å²) in [6.07, 6.45) is 0. The predicted molar refractivity (Wildman–Crippen MR) is 67.5 cm³/mol. The van der Waals surface area contributed by atoms with Crippen molar-refractivity contribution in [1.29, 1.82) is 0 Å². The molecule has 3 rings (SSSR count). The Morgan fingerprint density at radius 2 is 1.69 bits per heavy atom. The molecule has 16 heavy (non-hydrogen) atoms. The van der Waals surface area contributed by atoms with Crippen molar-refractivity contribution >= 4 is 31.5 Å². The highest BCUT2D eigenvalue weighted by Gasteiger charge is 2.10. The molecule has 1 heterocycles. The number of phenols is 1. The van der Waals surface area contributed by atoms with Gasteiger partial charge < -0.3 is 9.84 Å². The summed E-state index contributed by atoms with van der Waals surface area (Å²) in [5.74, 6) is 1.19. The smallest absolute Gasteiger partial charge is 0.136 e. The summed E-state index contributed by atoms with van der Waals surface area (Å²) in [6, 6.07) is 11.6. The number of hydrogen-bond donors (Lipinski definition) is 1. The molecule has 2 nitrogen and oxygen atoms in total. The lowest BCUT2D eigenvalue weighted by atomic mass is 10.1. The SMILES string of the molecule is COc1cccc2c1sc1c(O)cccc12. The van der Waals surface area contributed by atoms with Gasteiger partial charge in [0.25, 0.3) is 0 Å². The molecule has 0 fully saturated rings. The molecule has 80 valence electrons. The van der Waals surface area contributed by atoms with Crippen molar-refractivity contribution in [3.05, 3.63) is 36.4 Å². The van der Waals surface area contributed by atoms with Crippen molar-refractivity contribution in [2.24, 2.45) is 0 Å². The van der Waals surface area contributed by atoms with Gasteiger partial charge in [-0.1, -0.05) is 24.3 Å². The summed E-state index contributed by atoms with van der Waals surface area (Å²) in [5.41, 5.74) is 0. The normalized spacial score (nSPS) is 11.1. The highest BCUT2D eigenvalue weighted by molar-refractivity contribution is 7.26. The van der Waals surface area contributed by atoms with Crippen molar-refractivity contribution < 1.29 is 9.84 Å². The van der Waals surface area contributed by atoms with Gasteiger partial charge in [-0.05, 0) is 12.1 Å². The highest BCUT2D eigenvalue weighted by atomic mass is 32.1. The van der Waals surface area contributed by atoms with Crippen molar-refractivity contribution in [3.8, 4) is 11.5 Å². The molecule has 0 spiro atoms. The summed E-state index contributed by atoms with van der Waals surface area (Å²) in [7, 11) is 1.67. The van der Waals surface area contributed by atoms with Gasteiger partial charge in [0.2, 0.25) is 0 Å². The maximum absolute atomic E-state index is 9.81. The van der Waals surface area contributed by atoms with Crippen LogP contribution in [0.15, 0.2) is 36.4 Å². The van der Waals surface area contributed by atoms with E-state index in [9.17, 15) is 5.11 Å². The largest absolute Gasteiger partial charge is 0.506 e. The van der Waals surface area contributed by atoms with Crippen molar-refractivity contribution in [1.82, 2.24) is 0 Å². The average Bonchev–Trinajstić information content (AvgIpc) is 2.69. The first kappa shape index (κ1) is 9.48. The first-order valence-corrected chi connectivity index (χ1v) is 5.80. The monoisotopic (exact) mass is 230 g/mol. The molecule has 0 saturated heterocycles. The van der Waals surface area contributed by atoms with Crippen LogP contribution in [0.3, 0.4) is 0 Å². The summed E-state index contributed by atoms with van der Waals surface area (Å²) < 4.78 is 7.33. The van der Waals surface area contributed by atoms with E-state index >= 15 is 0 Å². The van der Waals surface area contributed by atoms with Crippen LogP contribution in [0.2, 0.25) is 0 Å². The summed E-state index contributed by atoms with van der Waals surface area (Å²) in [4.78, 5) is 0. The molecule has 0 amide bonds. The van der Waals surface area contributed by atoms with Crippen LogP contribution in [0.1, 0.15) is 0 Å². The van der Waals surface area contributed by atoms with Crippen molar-refractivity contribution in [3.63, 3.8) is 0 Å². The Morgan fingerprint density at radius 1 is 1.00 bits per heavy atom. The number of ether oxygens (including phenoxy) is 1. The lowest BCUT2D eigenvalue weighted by Crippen LogP contribution is -1.80. The van der Waals surface area contributed by atoms with Crippen LogP contribution >= 0.6 is 11.3 Å². The lowest BCUT2D eigenvalue weighted by molar-refractivity contribution is 0.420. The molecular formula is C13H10O2S. The Balaban J connectivity index is 2.55. The summed E-state index contributed by atoms with van der Waals surface area (Å²) in [5, 5.41) is 12.0. The van der Waals surface area contributed by atoms with Crippen LogP contribution in [0.4, 0.5) is 0 Å². The topological polar surface area (TPSA) is 29.5 Å². The van der Waals surface area contributed by atoms with E-state index in [1.54, 1.807) is 24.5 Å². The van der Waals surface area contributed by atoms with Crippen LogP contribution in [-0.4, -0.2) is 12.2 Å². The number of benzene rings is 2. The molecule has 0 bridgehead atoms. The first-order chi connectivity index (χ1) is 7.81. The van der Waals surface area contributed by atoms with E-state index in [4.69, 9.17) is 4.74 Å². The van der Waals surface area contributed by atoms with Crippen LogP contribution in [0.25, 0.3) is 20.2 Å². The highest BCUT2D eigenvalue weighted by Crippen LogP contribution is 2.42. The minimum absolute atomic E-state index is 0.334. The molecule has 0 aliphatic carbocycles. The lowest BCUT2D eigenvalue weighted by Gasteiger charge is -1.99. The quantitative estimate of drug-likeness (QED) is 0.689. The fraction of sp³-hybridized carbons (Fsp3) is 0.0769. The third kappa shape index (κ3) is 1.18. The standard InChI is InChI=1S/C13H10O2S/c1-15-11-7-3-5-9-8-4-2-6-10(14)12(8)16-13(9)11/h2-7,14H,1H3. The molecule has 0 aliphatic rings. The van der Waals surface area contributed by atoms with Gasteiger partial charge in [-0.2, -0.15) is 0 Å². The van der Waals surface area contributed by atoms with Crippen molar-refractivity contribution in [2.75, 3.05) is 7.11 Å². The van der Waals surface area contributed by atoms with Gasteiger partial charge >= 0.3 is 0 Å². The fourth-order valence-electron chi connectivity index (χ4n) is 1.94. The first-order valence-electron chi connectivity index (χ1n) is 4.98. The summed E-state index contributed by atoms with van der Waals surface area (Å²) in [6.45, 7) is 0. The Kier molecular flexibility index (Phi) is 2.01. The van der Waals surface area contributed by atoms with Gasteiger partial charge in [-0.15, -0.1) is 11.3 Å². The van der Waals surface area contributed by atoms with E-state index in [0.29, 0.717) is 5.75 Å². The van der Waals surface area contributed by atoms with E-state index in [1.165, 1.54) is 0 Å². The van der Waals surface area contributed by atoms with Crippen LogP contribution in [-0.2, 0) is 0 Å². The molecule has 0 atom stereocenters. The Morgan fingerprint density at radius 3 is 2.44 bits per heavy atom. The van der Waals surface area contributed by atoms with Gasteiger partial charge in [0, 0.05) is 10.8 Å². The molecule has 1 aromatic heterocycles. The number of methoxy groups -OCH3 is 1. The third-order valence-electron chi connectivity index (χ3n) is 2.69. The average molecular weight is 230 g/mol. The number of phenolic OH excluding ortho intramolecular Hbond substituents is 1. The molecule has 3 heteroatoms. The van der Waals surface area contributed by atoms with Gasteiger partial charge in [0.15, 0.2) is 0 Å². The van der Waals surface area contributed by atoms with Crippen LogP contribution < -0.4 is 4.74 Å². The minimum atomic E-state index is 0.334. The zero-order valence-electron chi connectivity index (χ0n) is 8.73. The fourth-order valence-corrected chi connectivity index (χ4v) is 3.14.